The van der Waals surface area contributed by atoms with Gasteiger partial charge in [0.25, 0.3) is 0 Å². The normalized spacial score (nSPS) is 15.5. The fraction of sp³-hybridized carbons (Fsp3) is 0.562. The lowest BCUT2D eigenvalue weighted by molar-refractivity contribution is -0.118. The number of fused-ring (bicyclic) bond motifs is 1. The Morgan fingerprint density at radius 2 is 2.00 bits per heavy atom. The van der Waals surface area contributed by atoms with Crippen molar-refractivity contribution in [3.05, 3.63) is 23.8 Å². The Bertz CT molecular complexity index is 452. The number of carbonyl (C=O) groups excluding carboxylic acids is 1. The van der Waals surface area contributed by atoms with Gasteiger partial charge in [-0.15, -0.1) is 0 Å². The second-order valence-electron chi connectivity index (χ2n) is 5.43. The van der Waals surface area contributed by atoms with Crippen molar-refractivity contribution in [2.45, 2.75) is 46.0 Å². The first-order valence-electron chi connectivity index (χ1n) is 7.34. The summed E-state index contributed by atoms with van der Waals surface area (Å²) < 4.78 is 0. The molecule has 19 heavy (non-hydrogen) atoms. The van der Waals surface area contributed by atoms with Crippen LogP contribution >= 0.6 is 0 Å². The highest BCUT2D eigenvalue weighted by Crippen LogP contribution is 2.30. The molecule has 0 atom stereocenters. The quantitative estimate of drug-likeness (QED) is 0.844. The van der Waals surface area contributed by atoms with Gasteiger partial charge in [-0.1, -0.05) is 26.7 Å². The zero-order chi connectivity index (χ0) is 13.8. The van der Waals surface area contributed by atoms with Crippen LogP contribution in [0.4, 0.5) is 11.4 Å². The second kappa shape index (κ2) is 6.09. The number of hydrogen-bond acceptors (Lipinski definition) is 2. The van der Waals surface area contributed by atoms with Gasteiger partial charge in [-0.3, -0.25) is 4.79 Å². The molecule has 1 heterocycles. The Hall–Kier alpha value is -1.51. The lowest BCUT2D eigenvalue weighted by Gasteiger charge is -2.27. The van der Waals surface area contributed by atoms with Gasteiger partial charge in [-0.2, -0.15) is 0 Å². The van der Waals surface area contributed by atoms with E-state index in [0.29, 0.717) is 12.3 Å². The molecular formula is C16H24N2O. The monoisotopic (exact) mass is 260 g/mol. The second-order valence-corrected chi connectivity index (χ2v) is 5.43. The van der Waals surface area contributed by atoms with E-state index >= 15 is 0 Å². The Morgan fingerprint density at radius 3 is 2.68 bits per heavy atom. The molecule has 1 amide bonds. The molecule has 3 nitrogen and oxygen atoms in total. The molecule has 2 rings (SSSR count). The molecule has 1 aliphatic heterocycles. The summed E-state index contributed by atoms with van der Waals surface area (Å²) in [7, 11) is 0. The van der Waals surface area contributed by atoms with Crippen LogP contribution < -0.4 is 10.6 Å². The minimum absolute atomic E-state index is 0.260. The van der Waals surface area contributed by atoms with Gasteiger partial charge >= 0.3 is 0 Å². The van der Waals surface area contributed by atoms with E-state index in [1.54, 1.807) is 0 Å². The third-order valence-corrected chi connectivity index (χ3v) is 4.13. The Morgan fingerprint density at radius 1 is 1.26 bits per heavy atom. The fourth-order valence-corrected chi connectivity index (χ4v) is 2.77. The summed E-state index contributed by atoms with van der Waals surface area (Å²) in [4.78, 5) is 14.3. The van der Waals surface area contributed by atoms with E-state index in [0.717, 1.165) is 43.6 Å². The van der Waals surface area contributed by atoms with Crippen LogP contribution in [0, 0.1) is 5.92 Å². The first-order chi connectivity index (χ1) is 9.15. The maximum Gasteiger partial charge on any atom is 0.227 e. The van der Waals surface area contributed by atoms with E-state index in [1.165, 1.54) is 5.56 Å². The maximum atomic E-state index is 12.3. The fourth-order valence-electron chi connectivity index (χ4n) is 2.77. The number of aryl methyl sites for hydroxylation is 1. The summed E-state index contributed by atoms with van der Waals surface area (Å²) in [6, 6.07) is 5.93. The molecule has 0 fully saturated rings. The van der Waals surface area contributed by atoms with E-state index < -0.39 is 0 Å². The highest BCUT2D eigenvalue weighted by atomic mass is 16.2. The molecule has 0 aliphatic carbocycles. The molecule has 1 aliphatic rings. The summed E-state index contributed by atoms with van der Waals surface area (Å²) in [6.45, 7) is 5.23. The van der Waals surface area contributed by atoms with Gasteiger partial charge in [0.05, 0.1) is 0 Å². The average molecular weight is 260 g/mol. The van der Waals surface area contributed by atoms with Crippen LogP contribution in [0.15, 0.2) is 18.2 Å². The lowest BCUT2D eigenvalue weighted by atomic mass is 10.0. The van der Waals surface area contributed by atoms with E-state index in [4.69, 9.17) is 5.73 Å². The number of benzene rings is 1. The number of nitrogens with two attached hydrogens (primary N) is 1. The van der Waals surface area contributed by atoms with Gasteiger partial charge < -0.3 is 10.6 Å². The van der Waals surface area contributed by atoms with Gasteiger partial charge in [0.2, 0.25) is 5.91 Å². The first kappa shape index (κ1) is 13.9. The van der Waals surface area contributed by atoms with Crippen LogP contribution in [0.3, 0.4) is 0 Å². The number of rotatable bonds is 4. The molecule has 0 saturated heterocycles. The lowest BCUT2D eigenvalue weighted by Crippen LogP contribution is -2.34. The summed E-state index contributed by atoms with van der Waals surface area (Å²) in [5.74, 6) is 0.836. The molecule has 0 saturated carbocycles. The SMILES string of the molecule is CCC(CC)CN1C(=O)CCCc2cc(N)ccc21. The summed E-state index contributed by atoms with van der Waals surface area (Å²) in [5, 5.41) is 0. The zero-order valence-electron chi connectivity index (χ0n) is 12.0. The van der Waals surface area contributed by atoms with E-state index in [-0.39, 0.29) is 5.91 Å². The van der Waals surface area contributed by atoms with Gasteiger partial charge in [-0.05, 0) is 42.5 Å². The number of nitrogens with zero attached hydrogens (tertiary/aromatic N) is 1. The van der Waals surface area contributed by atoms with Crippen molar-refractivity contribution in [1.29, 1.82) is 0 Å². The standard InChI is InChI=1S/C16H24N2O/c1-3-12(4-2)11-18-15-9-8-14(17)10-13(15)6-5-7-16(18)19/h8-10,12H,3-7,11,17H2,1-2H3. The zero-order valence-corrected chi connectivity index (χ0v) is 12.0. The minimum Gasteiger partial charge on any atom is -0.399 e. The van der Waals surface area contributed by atoms with Gasteiger partial charge in [0.15, 0.2) is 0 Å². The maximum absolute atomic E-state index is 12.3. The third-order valence-electron chi connectivity index (χ3n) is 4.13. The molecule has 2 N–H and O–H groups in total. The van der Waals surface area contributed by atoms with E-state index in [2.05, 4.69) is 13.8 Å². The van der Waals surface area contributed by atoms with Crippen molar-refractivity contribution in [3.63, 3.8) is 0 Å². The van der Waals surface area contributed by atoms with Crippen LogP contribution in [0.2, 0.25) is 0 Å². The molecule has 0 aromatic heterocycles. The number of amides is 1. The molecule has 0 spiro atoms. The van der Waals surface area contributed by atoms with Gasteiger partial charge in [0, 0.05) is 24.3 Å². The predicted octanol–water partition coefficient (Wildman–Crippen LogP) is 3.37. The number of hydrogen-bond donors (Lipinski definition) is 1. The topological polar surface area (TPSA) is 46.3 Å². The molecular weight excluding hydrogens is 236 g/mol. The summed E-state index contributed by atoms with van der Waals surface area (Å²) >= 11 is 0. The van der Waals surface area contributed by atoms with Crippen molar-refractivity contribution < 1.29 is 4.79 Å². The van der Waals surface area contributed by atoms with Crippen molar-refractivity contribution in [2.24, 2.45) is 5.92 Å². The first-order valence-corrected chi connectivity index (χ1v) is 7.34. The summed E-state index contributed by atoms with van der Waals surface area (Å²) in [6.07, 6.45) is 4.75. The van der Waals surface area contributed by atoms with E-state index in [9.17, 15) is 4.79 Å². The largest absolute Gasteiger partial charge is 0.399 e. The van der Waals surface area contributed by atoms with Crippen molar-refractivity contribution >= 4 is 17.3 Å². The molecule has 0 bridgehead atoms. The number of nitrogen functional groups attached to an aromatic ring is 1. The molecule has 1 aromatic carbocycles. The van der Waals surface area contributed by atoms with Crippen LogP contribution in [-0.2, 0) is 11.2 Å². The molecule has 3 heteroatoms. The van der Waals surface area contributed by atoms with Crippen molar-refractivity contribution in [2.75, 3.05) is 17.2 Å². The highest BCUT2D eigenvalue weighted by molar-refractivity contribution is 5.95. The van der Waals surface area contributed by atoms with Crippen molar-refractivity contribution in [3.8, 4) is 0 Å². The molecule has 0 unspecified atom stereocenters. The number of anilines is 2. The van der Waals surface area contributed by atoms with Gasteiger partial charge in [-0.25, -0.2) is 0 Å². The van der Waals surface area contributed by atoms with Crippen LogP contribution in [0.25, 0.3) is 0 Å². The Labute approximate surface area is 115 Å². The Balaban J connectivity index is 2.32. The molecule has 0 radical (unpaired) electrons. The average Bonchev–Trinajstić information content (AvgIpc) is 2.55. The number of carbonyl (C=O) groups is 1. The third kappa shape index (κ3) is 3.09. The molecule has 1 aromatic rings. The summed E-state index contributed by atoms with van der Waals surface area (Å²) in [5.41, 5.74) is 8.94. The highest BCUT2D eigenvalue weighted by Gasteiger charge is 2.23. The predicted molar refractivity (Wildman–Crippen MR) is 80.2 cm³/mol. The molecule has 104 valence electrons. The van der Waals surface area contributed by atoms with Gasteiger partial charge in [0.1, 0.15) is 0 Å². The smallest absolute Gasteiger partial charge is 0.227 e. The Kier molecular flexibility index (Phi) is 4.46. The van der Waals surface area contributed by atoms with Crippen molar-refractivity contribution in [1.82, 2.24) is 0 Å². The van der Waals surface area contributed by atoms with Crippen LogP contribution in [-0.4, -0.2) is 12.5 Å². The van der Waals surface area contributed by atoms with Crippen LogP contribution in [0.5, 0.6) is 0 Å². The van der Waals surface area contributed by atoms with E-state index in [1.807, 2.05) is 23.1 Å². The minimum atomic E-state index is 0.260. The van der Waals surface area contributed by atoms with Crippen LogP contribution in [0.1, 0.15) is 45.1 Å².